The molecule has 4 nitrogen and oxygen atoms in total. The summed E-state index contributed by atoms with van der Waals surface area (Å²) in [5.74, 6) is -6.75. The molecular weight excluding hydrogens is 218 g/mol. The minimum absolute atomic E-state index is 0.479. The van der Waals surface area contributed by atoms with Gasteiger partial charge in [0.2, 0.25) is 0 Å². The molecule has 16 heavy (non-hydrogen) atoms. The number of ether oxygens (including phenoxy) is 1. The normalized spacial score (nSPS) is 29.4. The third-order valence-corrected chi connectivity index (χ3v) is 3.05. The smallest absolute Gasteiger partial charge is 0.324 e. The molecule has 0 aromatic rings. The van der Waals surface area contributed by atoms with Crippen LogP contribution in [0.4, 0.5) is 8.78 Å². The lowest BCUT2D eigenvalue weighted by molar-refractivity contribution is -0.145. The van der Waals surface area contributed by atoms with E-state index in [1.807, 2.05) is 0 Å². The van der Waals surface area contributed by atoms with Gasteiger partial charge in [0.25, 0.3) is 5.92 Å². The number of methoxy groups -OCH3 is 1. The van der Waals surface area contributed by atoms with Crippen molar-refractivity contribution in [2.75, 3.05) is 7.11 Å². The minimum atomic E-state index is -2.99. The van der Waals surface area contributed by atoms with E-state index in [-0.39, 0.29) is 0 Å². The van der Waals surface area contributed by atoms with Gasteiger partial charge in [0, 0.05) is 6.42 Å². The average molecular weight is 228 g/mol. The Labute approximate surface area is 91.4 Å². The van der Waals surface area contributed by atoms with Gasteiger partial charge in [-0.15, -0.1) is 0 Å². The first-order valence-corrected chi connectivity index (χ1v) is 4.59. The Bertz CT molecular complexity index is 397. The van der Waals surface area contributed by atoms with Gasteiger partial charge in [-0.3, -0.25) is 4.79 Å². The van der Waals surface area contributed by atoms with Gasteiger partial charge in [-0.05, 0) is 0 Å². The Morgan fingerprint density at radius 2 is 1.94 bits per heavy atom. The molecule has 1 aliphatic carbocycles. The van der Waals surface area contributed by atoms with E-state index in [1.54, 1.807) is 12.1 Å². The molecule has 1 rings (SSSR count). The van der Waals surface area contributed by atoms with Gasteiger partial charge in [0.15, 0.2) is 5.92 Å². The SMILES string of the molecule is COC(=O)C(C#N)C(C#N)C1(C)CC1(F)F. The lowest BCUT2D eigenvalue weighted by Crippen LogP contribution is -2.31. The van der Waals surface area contributed by atoms with Crippen molar-refractivity contribution in [3.05, 3.63) is 0 Å². The third kappa shape index (κ3) is 1.61. The highest BCUT2D eigenvalue weighted by Gasteiger charge is 2.73. The molecule has 0 radical (unpaired) electrons. The number of carbonyl (C=O) groups is 1. The molecule has 0 bridgehead atoms. The molecule has 1 aliphatic rings. The molecule has 0 aromatic carbocycles. The highest BCUT2D eigenvalue weighted by Crippen LogP contribution is 2.65. The molecule has 1 saturated carbocycles. The lowest BCUT2D eigenvalue weighted by Gasteiger charge is -2.19. The van der Waals surface area contributed by atoms with Crippen LogP contribution in [0, 0.1) is 39.9 Å². The predicted molar refractivity (Wildman–Crippen MR) is 47.9 cm³/mol. The first kappa shape index (κ1) is 12.4. The van der Waals surface area contributed by atoms with E-state index in [0.29, 0.717) is 0 Å². The van der Waals surface area contributed by atoms with Crippen LogP contribution in [0.2, 0.25) is 0 Å². The fourth-order valence-corrected chi connectivity index (χ4v) is 1.73. The molecule has 0 aliphatic heterocycles. The topological polar surface area (TPSA) is 73.9 Å². The standard InChI is InChI=1S/C10H10F2N2O2/c1-9(5-10(9,11)12)7(4-14)6(3-13)8(15)16-2/h6-7H,5H2,1-2H3. The Balaban J connectivity index is 2.97. The number of nitriles is 2. The van der Waals surface area contributed by atoms with E-state index >= 15 is 0 Å². The average Bonchev–Trinajstić information content (AvgIpc) is 2.73. The zero-order valence-electron chi connectivity index (χ0n) is 8.83. The number of nitrogens with zero attached hydrogens (tertiary/aromatic N) is 2. The van der Waals surface area contributed by atoms with Crippen LogP contribution in [-0.4, -0.2) is 19.0 Å². The van der Waals surface area contributed by atoms with Gasteiger partial charge in [-0.1, -0.05) is 6.92 Å². The Kier molecular flexibility index (Phi) is 2.87. The molecule has 3 unspecified atom stereocenters. The van der Waals surface area contributed by atoms with E-state index in [9.17, 15) is 13.6 Å². The van der Waals surface area contributed by atoms with E-state index < -0.39 is 35.6 Å². The first-order valence-electron chi connectivity index (χ1n) is 4.59. The maximum atomic E-state index is 13.1. The summed E-state index contributed by atoms with van der Waals surface area (Å²) in [5, 5.41) is 17.6. The van der Waals surface area contributed by atoms with E-state index in [2.05, 4.69) is 4.74 Å². The van der Waals surface area contributed by atoms with Crippen molar-refractivity contribution in [3.63, 3.8) is 0 Å². The zero-order valence-corrected chi connectivity index (χ0v) is 8.83. The minimum Gasteiger partial charge on any atom is -0.468 e. The maximum absolute atomic E-state index is 13.1. The van der Waals surface area contributed by atoms with E-state index in [4.69, 9.17) is 10.5 Å². The molecule has 0 spiro atoms. The summed E-state index contributed by atoms with van der Waals surface area (Å²) in [4.78, 5) is 11.2. The number of rotatable bonds is 3. The highest BCUT2D eigenvalue weighted by molar-refractivity contribution is 5.76. The second kappa shape index (κ2) is 3.71. The summed E-state index contributed by atoms with van der Waals surface area (Å²) in [6.45, 7) is 1.20. The van der Waals surface area contributed by atoms with Gasteiger partial charge < -0.3 is 4.74 Å². The van der Waals surface area contributed by atoms with E-state index in [0.717, 1.165) is 7.11 Å². The Hall–Kier alpha value is -1.69. The van der Waals surface area contributed by atoms with Crippen molar-refractivity contribution < 1.29 is 18.3 Å². The summed E-state index contributed by atoms with van der Waals surface area (Å²) in [6.07, 6.45) is -0.479. The number of carbonyl (C=O) groups excluding carboxylic acids is 1. The van der Waals surface area contributed by atoms with Crippen LogP contribution in [-0.2, 0) is 9.53 Å². The van der Waals surface area contributed by atoms with Crippen LogP contribution >= 0.6 is 0 Å². The van der Waals surface area contributed by atoms with Gasteiger partial charge in [0.05, 0.1) is 30.6 Å². The number of hydrogen-bond donors (Lipinski definition) is 0. The molecule has 0 amide bonds. The summed E-state index contributed by atoms with van der Waals surface area (Å²) in [5.41, 5.74) is -1.60. The molecule has 3 atom stereocenters. The molecule has 0 N–H and O–H groups in total. The summed E-state index contributed by atoms with van der Waals surface area (Å²) in [6, 6.07) is 3.18. The number of alkyl halides is 2. The molecule has 0 saturated heterocycles. The van der Waals surface area contributed by atoms with Crippen LogP contribution in [0.15, 0.2) is 0 Å². The van der Waals surface area contributed by atoms with Crippen LogP contribution in [0.3, 0.4) is 0 Å². The summed E-state index contributed by atoms with van der Waals surface area (Å²) in [7, 11) is 1.05. The van der Waals surface area contributed by atoms with Crippen LogP contribution < -0.4 is 0 Å². The van der Waals surface area contributed by atoms with Gasteiger partial charge in [-0.2, -0.15) is 10.5 Å². The predicted octanol–water partition coefficient (Wildman–Crippen LogP) is 1.48. The molecule has 1 fully saturated rings. The number of esters is 1. The molecule has 6 heteroatoms. The number of halogens is 2. The van der Waals surface area contributed by atoms with Gasteiger partial charge >= 0.3 is 5.97 Å². The number of hydrogen-bond acceptors (Lipinski definition) is 4. The Morgan fingerprint density at radius 1 is 1.44 bits per heavy atom. The fourth-order valence-electron chi connectivity index (χ4n) is 1.73. The fraction of sp³-hybridized carbons (Fsp3) is 0.700. The molecule has 0 heterocycles. The van der Waals surface area contributed by atoms with Crippen LogP contribution in [0.5, 0.6) is 0 Å². The monoisotopic (exact) mass is 228 g/mol. The van der Waals surface area contributed by atoms with Crippen LogP contribution in [0.1, 0.15) is 13.3 Å². The lowest BCUT2D eigenvalue weighted by atomic mass is 9.81. The van der Waals surface area contributed by atoms with Gasteiger partial charge in [-0.25, -0.2) is 8.78 Å². The summed E-state index contributed by atoms with van der Waals surface area (Å²) < 4.78 is 30.5. The second-order valence-electron chi connectivity index (χ2n) is 4.04. The quantitative estimate of drug-likeness (QED) is 0.686. The Morgan fingerprint density at radius 3 is 2.19 bits per heavy atom. The van der Waals surface area contributed by atoms with Crippen molar-refractivity contribution >= 4 is 5.97 Å². The summed E-state index contributed by atoms with van der Waals surface area (Å²) >= 11 is 0. The molecule has 86 valence electrons. The van der Waals surface area contributed by atoms with Crippen molar-refractivity contribution in [2.45, 2.75) is 19.3 Å². The molecule has 0 aromatic heterocycles. The second-order valence-corrected chi connectivity index (χ2v) is 4.04. The first-order chi connectivity index (χ1) is 7.34. The largest absolute Gasteiger partial charge is 0.468 e. The van der Waals surface area contributed by atoms with E-state index in [1.165, 1.54) is 6.92 Å². The maximum Gasteiger partial charge on any atom is 0.324 e. The van der Waals surface area contributed by atoms with Crippen molar-refractivity contribution in [1.82, 2.24) is 0 Å². The van der Waals surface area contributed by atoms with Crippen molar-refractivity contribution in [2.24, 2.45) is 17.3 Å². The van der Waals surface area contributed by atoms with Crippen molar-refractivity contribution in [3.8, 4) is 12.1 Å². The van der Waals surface area contributed by atoms with Crippen molar-refractivity contribution in [1.29, 1.82) is 10.5 Å². The third-order valence-electron chi connectivity index (χ3n) is 3.05. The zero-order chi connectivity index (χ0) is 12.6. The highest BCUT2D eigenvalue weighted by atomic mass is 19.3. The van der Waals surface area contributed by atoms with Crippen LogP contribution in [0.25, 0.3) is 0 Å². The van der Waals surface area contributed by atoms with Gasteiger partial charge in [0.1, 0.15) is 0 Å². The molecular formula is C10H10F2N2O2.